The topological polar surface area (TPSA) is 55.5 Å². The normalized spacial score (nSPS) is 15.3. The molecule has 0 aliphatic carbocycles. The molecule has 28 heavy (non-hydrogen) atoms. The molecule has 0 saturated carbocycles. The summed E-state index contributed by atoms with van der Waals surface area (Å²) < 4.78 is 6.43. The molecule has 0 unspecified atom stereocenters. The van der Waals surface area contributed by atoms with E-state index in [4.69, 9.17) is 10.2 Å². The second-order valence-electron chi connectivity index (χ2n) is 9.94. The van der Waals surface area contributed by atoms with Crippen LogP contribution in [0, 0.1) is 0 Å². The number of allylic oxidation sites excluding steroid dienone is 1. The molecule has 0 spiro atoms. The largest absolute Gasteiger partial charge is 0.409 e. The smallest absolute Gasteiger partial charge is 0.192 e. The van der Waals surface area contributed by atoms with E-state index in [1.165, 1.54) is 70.6 Å². The molecule has 0 aliphatic heterocycles. The van der Waals surface area contributed by atoms with E-state index in [9.17, 15) is 5.11 Å². The van der Waals surface area contributed by atoms with Gasteiger partial charge in [0.25, 0.3) is 0 Å². The summed E-state index contributed by atoms with van der Waals surface area (Å²) in [6, 6.07) is -0.345. The van der Waals surface area contributed by atoms with Gasteiger partial charge >= 0.3 is 0 Å². The highest BCUT2D eigenvalue weighted by Crippen LogP contribution is 2.37. The van der Waals surface area contributed by atoms with Crippen LogP contribution in [0.4, 0.5) is 0 Å². The predicted molar refractivity (Wildman–Crippen MR) is 127 cm³/mol. The molecule has 0 radical (unpaired) electrons. The number of aliphatic hydroxyl groups is 1. The van der Waals surface area contributed by atoms with Crippen molar-refractivity contribution in [2.24, 2.45) is 5.73 Å². The summed E-state index contributed by atoms with van der Waals surface area (Å²) in [4.78, 5) is 0. The first-order valence-electron chi connectivity index (χ1n) is 11.9. The minimum Gasteiger partial charge on any atom is -0.409 e. The van der Waals surface area contributed by atoms with Crippen LogP contribution >= 0.6 is 0 Å². The minimum atomic E-state index is -1.89. The van der Waals surface area contributed by atoms with Gasteiger partial charge in [0.05, 0.1) is 18.8 Å². The Labute approximate surface area is 177 Å². The van der Waals surface area contributed by atoms with Crippen LogP contribution in [0.2, 0.25) is 18.1 Å². The molecule has 0 amide bonds. The molecular formula is C24H51NO2Si. The summed E-state index contributed by atoms with van der Waals surface area (Å²) in [5.41, 5.74) is 6.11. The SMILES string of the molecule is CCCCCCCCCCCCC/C=C/[C@H](O[Si](C)(C)C(C)(C)C)[C@@H](N)CO. The van der Waals surface area contributed by atoms with Crippen molar-refractivity contribution in [3.8, 4) is 0 Å². The number of aliphatic hydroxyl groups excluding tert-OH is 1. The molecule has 0 heterocycles. The van der Waals surface area contributed by atoms with E-state index in [0.717, 1.165) is 6.42 Å². The molecule has 0 fully saturated rings. The van der Waals surface area contributed by atoms with Gasteiger partial charge in [-0.1, -0.05) is 104 Å². The quantitative estimate of drug-likeness (QED) is 0.154. The predicted octanol–water partition coefficient (Wildman–Crippen LogP) is 6.95. The Bertz CT molecular complexity index is 391. The van der Waals surface area contributed by atoms with E-state index in [1.807, 2.05) is 0 Å². The Morgan fingerprint density at radius 1 is 0.893 bits per heavy atom. The molecule has 3 nitrogen and oxygen atoms in total. The fourth-order valence-electron chi connectivity index (χ4n) is 3.05. The Balaban J connectivity index is 3.99. The number of rotatable bonds is 17. The van der Waals surface area contributed by atoms with Crippen LogP contribution in [0.15, 0.2) is 12.2 Å². The van der Waals surface area contributed by atoms with Gasteiger partial charge in [-0.2, -0.15) is 0 Å². The van der Waals surface area contributed by atoms with Crippen LogP contribution in [0.5, 0.6) is 0 Å². The van der Waals surface area contributed by atoms with Crippen molar-refractivity contribution in [1.29, 1.82) is 0 Å². The van der Waals surface area contributed by atoms with E-state index in [1.54, 1.807) is 0 Å². The lowest BCUT2D eigenvalue weighted by Crippen LogP contribution is -2.49. The van der Waals surface area contributed by atoms with Crippen LogP contribution in [-0.4, -0.2) is 32.2 Å². The first kappa shape index (κ1) is 27.8. The maximum Gasteiger partial charge on any atom is 0.192 e. The fourth-order valence-corrected chi connectivity index (χ4v) is 4.33. The lowest BCUT2D eigenvalue weighted by Gasteiger charge is -2.39. The molecule has 0 aromatic carbocycles. The van der Waals surface area contributed by atoms with Gasteiger partial charge in [0.2, 0.25) is 0 Å². The molecule has 168 valence electrons. The first-order valence-corrected chi connectivity index (χ1v) is 14.8. The highest BCUT2D eigenvalue weighted by atomic mass is 28.4. The zero-order chi connectivity index (χ0) is 21.5. The molecule has 0 aliphatic rings. The minimum absolute atomic E-state index is 0.0396. The van der Waals surface area contributed by atoms with Gasteiger partial charge in [0.1, 0.15) is 0 Å². The lowest BCUT2D eigenvalue weighted by atomic mass is 10.0. The molecule has 0 saturated heterocycles. The van der Waals surface area contributed by atoms with E-state index in [2.05, 4.69) is 52.9 Å². The molecule has 3 N–H and O–H groups in total. The van der Waals surface area contributed by atoms with Crippen molar-refractivity contribution < 1.29 is 9.53 Å². The molecule has 0 bridgehead atoms. The molecular weight excluding hydrogens is 362 g/mol. The molecule has 0 aromatic rings. The molecule has 0 rings (SSSR count). The van der Waals surface area contributed by atoms with Crippen LogP contribution in [0.25, 0.3) is 0 Å². The van der Waals surface area contributed by atoms with Crippen LogP contribution in [0.1, 0.15) is 105 Å². The number of hydrogen-bond donors (Lipinski definition) is 2. The summed E-state index contributed by atoms with van der Waals surface area (Å²) in [5.74, 6) is 0. The van der Waals surface area contributed by atoms with Gasteiger partial charge < -0.3 is 15.3 Å². The maximum atomic E-state index is 9.49. The van der Waals surface area contributed by atoms with Crippen molar-refractivity contribution in [3.05, 3.63) is 12.2 Å². The Hall–Kier alpha value is -0.163. The molecule has 4 heteroatoms. The van der Waals surface area contributed by atoms with E-state index >= 15 is 0 Å². The summed E-state index contributed by atoms with van der Waals surface area (Å²) in [5, 5.41) is 9.63. The maximum absolute atomic E-state index is 9.49. The van der Waals surface area contributed by atoms with Crippen molar-refractivity contribution in [2.75, 3.05) is 6.61 Å². The third kappa shape index (κ3) is 13.1. The molecule has 0 aromatic heterocycles. The van der Waals surface area contributed by atoms with Gasteiger partial charge in [-0.05, 0) is 31.0 Å². The standard InChI is InChI=1S/C24H51NO2Si/c1-7-8-9-10-11-12-13-14-15-16-17-18-19-20-23(22(25)21-26)27-28(5,6)24(2,3)4/h19-20,22-23,26H,7-18,21,25H2,1-6H3/b20-19+/t22-,23-/m0/s1. The third-order valence-corrected chi connectivity index (χ3v) is 10.6. The first-order chi connectivity index (χ1) is 13.2. The van der Waals surface area contributed by atoms with Gasteiger partial charge in [0, 0.05) is 0 Å². The Morgan fingerprint density at radius 2 is 1.36 bits per heavy atom. The highest BCUT2D eigenvalue weighted by molar-refractivity contribution is 6.74. The summed E-state index contributed by atoms with van der Waals surface area (Å²) in [6.07, 6.45) is 20.3. The van der Waals surface area contributed by atoms with Gasteiger partial charge in [0.15, 0.2) is 8.32 Å². The number of nitrogens with two attached hydrogens (primary N) is 1. The number of hydrogen-bond acceptors (Lipinski definition) is 3. The third-order valence-electron chi connectivity index (χ3n) is 6.17. The summed E-state index contributed by atoms with van der Waals surface area (Å²) >= 11 is 0. The second-order valence-corrected chi connectivity index (χ2v) is 14.7. The summed E-state index contributed by atoms with van der Waals surface area (Å²) in [6.45, 7) is 13.4. The Kier molecular flexibility index (Phi) is 15.6. The summed E-state index contributed by atoms with van der Waals surface area (Å²) in [7, 11) is -1.89. The number of unbranched alkanes of at least 4 members (excludes halogenated alkanes) is 11. The van der Waals surface area contributed by atoms with Gasteiger partial charge in [-0.15, -0.1) is 0 Å². The van der Waals surface area contributed by atoms with E-state index < -0.39 is 8.32 Å². The van der Waals surface area contributed by atoms with E-state index in [-0.39, 0.29) is 23.8 Å². The van der Waals surface area contributed by atoms with Crippen LogP contribution < -0.4 is 5.73 Å². The van der Waals surface area contributed by atoms with E-state index in [0.29, 0.717) is 0 Å². The fraction of sp³-hybridized carbons (Fsp3) is 0.917. The zero-order valence-corrected chi connectivity index (χ0v) is 20.9. The van der Waals surface area contributed by atoms with Crippen LogP contribution in [0.3, 0.4) is 0 Å². The van der Waals surface area contributed by atoms with Gasteiger partial charge in [-0.25, -0.2) is 0 Å². The highest BCUT2D eigenvalue weighted by Gasteiger charge is 2.39. The van der Waals surface area contributed by atoms with Crippen molar-refractivity contribution >= 4 is 8.32 Å². The average molecular weight is 414 g/mol. The Morgan fingerprint density at radius 3 is 1.79 bits per heavy atom. The monoisotopic (exact) mass is 413 g/mol. The second kappa shape index (κ2) is 15.6. The lowest BCUT2D eigenvalue weighted by molar-refractivity contribution is 0.149. The van der Waals surface area contributed by atoms with Crippen molar-refractivity contribution in [1.82, 2.24) is 0 Å². The van der Waals surface area contributed by atoms with Crippen molar-refractivity contribution in [3.63, 3.8) is 0 Å². The average Bonchev–Trinajstić information content (AvgIpc) is 2.62. The van der Waals surface area contributed by atoms with Gasteiger partial charge in [-0.3, -0.25) is 0 Å². The zero-order valence-electron chi connectivity index (χ0n) is 19.9. The molecule has 2 atom stereocenters. The van der Waals surface area contributed by atoms with Crippen molar-refractivity contribution in [2.45, 2.75) is 135 Å². The van der Waals surface area contributed by atoms with Crippen LogP contribution in [-0.2, 0) is 4.43 Å².